The lowest BCUT2D eigenvalue weighted by atomic mass is 9.85. The van der Waals surface area contributed by atoms with E-state index in [1.165, 1.54) is 32.7 Å². The summed E-state index contributed by atoms with van der Waals surface area (Å²) in [5.74, 6) is 0.921. The van der Waals surface area contributed by atoms with Crippen molar-refractivity contribution < 1.29 is 4.42 Å². The molecule has 2 aromatic heterocycles. The quantitative estimate of drug-likeness (QED) is 0.178. The van der Waals surface area contributed by atoms with Gasteiger partial charge in [0.05, 0.1) is 11.0 Å². The number of furan rings is 1. The molecule has 49 heavy (non-hydrogen) atoms. The summed E-state index contributed by atoms with van der Waals surface area (Å²) >= 11 is 6.42. The minimum atomic E-state index is 0.698. The molecule has 230 valence electrons. The number of nitrogens with zero attached hydrogens (tertiary/aromatic N) is 2. The van der Waals surface area contributed by atoms with E-state index in [1.807, 2.05) is 30.3 Å². The number of benzene rings is 8. The fourth-order valence-corrected chi connectivity index (χ4v) is 7.71. The molecule has 0 atom stereocenters. The van der Waals surface area contributed by atoms with Gasteiger partial charge < -0.3 is 4.42 Å². The highest BCUT2D eigenvalue weighted by Crippen LogP contribution is 2.46. The molecule has 2 heterocycles. The van der Waals surface area contributed by atoms with Crippen LogP contribution in [0.5, 0.6) is 0 Å². The number of hydrogen-bond donors (Lipinski definition) is 0. The molecule has 0 aliphatic rings. The lowest BCUT2D eigenvalue weighted by molar-refractivity contribution is 0.670. The van der Waals surface area contributed by atoms with E-state index in [9.17, 15) is 0 Å². The third kappa shape index (κ3) is 4.33. The Morgan fingerprint density at radius 2 is 1.10 bits per heavy atom. The van der Waals surface area contributed by atoms with Crippen LogP contribution in [0.2, 0.25) is 5.02 Å². The minimum Gasteiger partial charge on any atom is -0.455 e. The molecular weight excluding hydrogens is 620 g/mol. The van der Waals surface area contributed by atoms with Crippen molar-refractivity contribution in [3.8, 4) is 39.3 Å². The van der Waals surface area contributed by atoms with Crippen molar-refractivity contribution >= 4 is 66.1 Å². The third-order valence-corrected chi connectivity index (χ3v) is 9.90. The molecule has 0 aliphatic carbocycles. The molecule has 0 spiro atoms. The summed E-state index contributed by atoms with van der Waals surface area (Å²) in [6.45, 7) is 0. The van der Waals surface area contributed by atoms with Crippen molar-refractivity contribution in [3.05, 3.63) is 169 Å². The summed E-state index contributed by atoms with van der Waals surface area (Å²) in [7, 11) is 0. The van der Waals surface area contributed by atoms with Crippen molar-refractivity contribution in [1.82, 2.24) is 9.55 Å². The average molecular weight is 647 g/mol. The highest BCUT2D eigenvalue weighted by molar-refractivity contribution is 6.32. The molecule has 0 bridgehead atoms. The topological polar surface area (TPSA) is 31.0 Å². The van der Waals surface area contributed by atoms with Gasteiger partial charge in [-0.15, -0.1) is 0 Å². The maximum Gasteiger partial charge on any atom is 0.145 e. The first-order valence-electron chi connectivity index (χ1n) is 16.4. The summed E-state index contributed by atoms with van der Waals surface area (Å²) < 4.78 is 8.80. The van der Waals surface area contributed by atoms with E-state index in [0.717, 1.165) is 61.2 Å². The molecule has 3 nitrogen and oxygen atoms in total. The van der Waals surface area contributed by atoms with Gasteiger partial charge in [0, 0.05) is 38.2 Å². The second-order valence-electron chi connectivity index (χ2n) is 12.4. The van der Waals surface area contributed by atoms with Crippen LogP contribution in [-0.4, -0.2) is 9.55 Å². The molecule has 4 heteroatoms. The summed E-state index contributed by atoms with van der Waals surface area (Å²) in [6.07, 6.45) is 0. The van der Waals surface area contributed by atoms with Crippen LogP contribution in [0, 0.1) is 0 Å². The Morgan fingerprint density at radius 3 is 1.84 bits per heavy atom. The second-order valence-corrected chi connectivity index (χ2v) is 12.9. The van der Waals surface area contributed by atoms with E-state index >= 15 is 0 Å². The van der Waals surface area contributed by atoms with Gasteiger partial charge in [0.15, 0.2) is 0 Å². The lowest BCUT2D eigenvalue weighted by Gasteiger charge is -2.18. The van der Waals surface area contributed by atoms with E-state index in [1.54, 1.807) is 0 Å². The predicted octanol–water partition coefficient (Wildman–Crippen LogP) is 12.9. The van der Waals surface area contributed by atoms with Gasteiger partial charge in [-0.3, -0.25) is 4.57 Å². The van der Waals surface area contributed by atoms with Crippen LogP contribution in [0.15, 0.2) is 168 Å². The molecule has 0 fully saturated rings. The van der Waals surface area contributed by atoms with Crippen molar-refractivity contribution in [2.24, 2.45) is 0 Å². The summed E-state index contributed by atoms with van der Waals surface area (Å²) in [5.41, 5.74) is 10.5. The maximum atomic E-state index is 6.56. The van der Waals surface area contributed by atoms with Crippen LogP contribution in [0.1, 0.15) is 0 Å². The van der Waals surface area contributed by atoms with Crippen molar-refractivity contribution in [3.63, 3.8) is 0 Å². The first-order chi connectivity index (χ1) is 24.2. The second kappa shape index (κ2) is 10.9. The SMILES string of the molecule is Clc1ccc2oc3c(-c4c5ccccc5c(-c5ccc(-c6nc7ccccc7n6-c6ccccc6)cc5)c5ccccc45)cccc3c2c1. The van der Waals surface area contributed by atoms with Gasteiger partial charge in [-0.05, 0) is 75.1 Å². The van der Waals surface area contributed by atoms with Crippen molar-refractivity contribution in [2.45, 2.75) is 0 Å². The monoisotopic (exact) mass is 646 g/mol. The zero-order chi connectivity index (χ0) is 32.5. The Labute approximate surface area is 287 Å². The summed E-state index contributed by atoms with van der Waals surface area (Å²) in [4.78, 5) is 5.10. The highest BCUT2D eigenvalue weighted by atomic mass is 35.5. The van der Waals surface area contributed by atoms with Gasteiger partial charge in [0.1, 0.15) is 17.0 Å². The predicted molar refractivity (Wildman–Crippen MR) is 205 cm³/mol. The van der Waals surface area contributed by atoms with Crippen molar-refractivity contribution in [2.75, 3.05) is 0 Å². The van der Waals surface area contributed by atoms with Gasteiger partial charge in [0.2, 0.25) is 0 Å². The Morgan fingerprint density at radius 1 is 0.490 bits per heavy atom. The number of fused-ring (bicyclic) bond motifs is 6. The summed E-state index contributed by atoms with van der Waals surface area (Å²) in [6, 6.07) is 57.3. The van der Waals surface area contributed by atoms with Crippen LogP contribution in [0.4, 0.5) is 0 Å². The first-order valence-corrected chi connectivity index (χ1v) is 16.8. The highest BCUT2D eigenvalue weighted by Gasteiger charge is 2.21. The van der Waals surface area contributed by atoms with E-state index < -0.39 is 0 Å². The van der Waals surface area contributed by atoms with E-state index in [0.29, 0.717) is 5.02 Å². The Bertz CT molecular complexity index is 2830. The first kappa shape index (κ1) is 27.9. The van der Waals surface area contributed by atoms with Crippen molar-refractivity contribution in [1.29, 1.82) is 0 Å². The number of aromatic nitrogens is 2. The Hall–Kier alpha value is -6.16. The fourth-order valence-electron chi connectivity index (χ4n) is 7.54. The van der Waals surface area contributed by atoms with E-state index in [-0.39, 0.29) is 0 Å². The Kier molecular flexibility index (Phi) is 6.23. The van der Waals surface area contributed by atoms with E-state index in [4.69, 9.17) is 21.0 Å². The van der Waals surface area contributed by atoms with Crippen LogP contribution in [0.25, 0.3) is 93.8 Å². The van der Waals surface area contributed by atoms with Gasteiger partial charge in [-0.25, -0.2) is 4.98 Å². The molecule has 0 amide bonds. The normalized spacial score (nSPS) is 11.8. The molecule has 0 aliphatic heterocycles. The number of hydrogen-bond acceptors (Lipinski definition) is 2. The largest absolute Gasteiger partial charge is 0.455 e. The molecule has 0 N–H and O–H groups in total. The molecular formula is C45H27ClN2O. The summed E-state index contributed by atoms with van der Waals surface area (Å²) in [5, 5.41) is 7.52. The van der Waals surface area contributed by atoms with Crippen LogP contribution in [-0.2, 0) is 0 Å². The molecule has 8 aromatic carbocycles. The average Bonchev–Trinajstić information content (AvgIpc) is 3.73. The van der Waals surface area contributed by atoms with Crippen LogP contribution in [0.3, 0.4) is 0 Å². The van der Waals surface area contributed by atoms with E-state index in [2.05, 4.69) is 138 Å². The zero-order valence-corrected chi connectivity index (χ0v) is 27.0. The molecule has 0 unspecified atom stereocenters. The van der Waals surface area contributed by atoms with Gasteiger partial charge in [0.25, 0.3) is 0 Å². The Balaban J connectivity index is 1.19. The third-order valence-electron chi connectivity index (χ3n) is 9.67. The van der Waals surface area contributed by atoms with Gasteiger partial charge in [-0.1, -0.05) is 133 Å². The number of halogens is 1. The zero-order valence-electron chi connectivity index (χ0n) is 26.3. The molecule has 0 saturated heterocycles. The maximum absolute atomic E-state index is 6.56. The smallest absolute Gasteiger partial charge is 0.145 e. The van der Waals surface area contributed by atoms with Gasteiger partial charge in [-0.2, -0.15) is 0 Å². The van der Waals surface area contributed by atoms with Gasteiger partial charge >= 0.3 is 0 Å². The number of para-hydroxylation sites is 4. The van der Waals surface area contributed by atoms with Crippen LogP contribution >= 0.6 is 11.6 Å². The minimum absolute atomic E-state index is 0.698. The molecule has 10 aromatic rings. The number of imidazole rings is 1. The number of rotatable bonds is 4. The fraction of sp³-hybridized carbons (Fsp3) is 0. The molecule has 0 saturated carbocycles. The standard InChI is InChI=1S/C45H27ClN2O/c46-30-25-26-41-38(27-30)36-17-10-18-37(44(36)49-41)43-34-15-6-4-13-32(34)42(33-14-5-7-16-35(33)43)28-21-23-29(24-22-28)45-47-39-19-8-9-20-40(39)48(45)31-11-2-1-3-12-31/h1-27H. The molecule has 10 rings (SSSR count). The molecule has 0 radical (unpaired) electrons. The van der Waals surface area contributed by atoms with Crippen LogP contribution < -0.4 is 0 Å². The lowest BCUT2D eigenvalue weighted by Crippen LogP contribution is -1.97.